The summed E-state index contributed by atoms with van der Waals surface area (Å²) in [5, 5.41) is 11.3. The smallest absolute Gasteiger partial charge is 0.407 e. The van der Waals surface area contributed by atoms with Gasteiger partial charge in [0.2, 0.25) is 0 Å². The zero-order valence-corrected chi connectivity index (χ0v) is 11.0. The Balaban J connectivity index is 2.63. The number of carbonyl (C=O) groups is 2. The summed E-state index contributed by atoms with van der Waals surface area (Å²) in [5.41, 5.74) is 0. The van der Waals surface area contributed by atoms with Crippen LogP contribution in [0.25, 0.3) is 0 Å². The minimum Gasteiger partial charge on any atom is -0.465 e. The third kappa shape index (κ3) is 4.61. The van der Waals surface area contributed by atoms with Crippen LogP contribution in [0.2, 0.25) is 0 Å². The summed E-state index contributed by atoms with van der Waals surface area (Å²) in [5.74, 6) is -0.774. The van der Waals surface area contributed by atoms with Crippen LogP contribution < -0.4 is 5.32 Å². The molecule has 0 radical (unpaired) electrons. The van der Waals surface area contributed by atoms with Crippen LogP contribution >= 0.6 is 34.8 Å². The zero-order chi connectivity index (χ0) is 13.1. The number of hydrogen-bond donors (Lipinski definition) is 2. The van der Waals surface area contributed by atoms with Crippen molar-refractivity contribution in [2.75, 3.05) is 13.1 Å². The van der Waals surface area contributed by atoms with Crippen molar-refractivity contribution < 1.29 is 14.7 Å². The molecule has 8 heteroatoms. The highest BCUT2D eigenvalue weighted by atomic mass is 35.6. The van der Waals surface area contributed by atoms with Crippen molar-refractivity contribution in [1.29, 1.82) is 0 Å². The minimum atomic E-state index is -2.05. The van der Waals surface area contributed by atoms with E-state index in [0.29, 0.717) is 13.0 Å². The third-order valence-electron chi connectivity index (χ3n) is 2.20. The molecule has 2 amide bonds. The Morgan fingerprint density at radius 1 is 1.41 bits per heavy atom. The molecule has 0 aromatic heterocycles. The van der Waals surface area contributed by atoms with E-state index in [1.165, 1.54) is 4.90 Å². The molecule has 1 aliphatic rings. The lowest BCUT2D eigenvalue weighted by atomic mass is 10.2. The fourth-order valence-electron chi connectivity index (χ4n) is 1.40. The van der Waals surface area contributed by atoms with Gasteiger partial charge in [-0.05, 0) is 6.42 Å². The van der Waals surface area contributed by atoms with Crippen LogP contribution in [0.3, 0.4) is 0 Å². The third-order valence-corrected chi connectivity index (χ3v) is 2.71. The number of rotatable bonds is 1. The van der Waals surface area contributed by atoms with E-state index in [-0.39, 0.29) is 6.54 Å². The Morgan fingerprint density at radius 2 is 2.06 bits per heavy atom. The molecule has 17 heavy (non-hydrogen) atoms. The molecule has 0 bridgehead atoms. The maximum Gasteiger partial charge on any atom is 0.407 e. The number of hydrogen-bond acceptors (Lipinski definition) is 2. The maximum absolute atomic E-state index is 11.4. The highest BCUT2D eigenvalue weighted by Gasteiger charge is 2.32. The van der Waals surface area contributed by atoms with E-state index >= 15 is 0 Å². The summed E-state index contributed by atoms with van der Waals surface area (Å²) in [6.07, 6.45) is 3.03. The lowest BCUT2D eigenvalue weighted by Gasteiger charge is -2.23. The monoisotopic (exact) mass is 300 g/mol. The number of nitrogens with zero attached hydrogens (tertiary/aromatic N) is 1. The summed E-state index contributed by atoms with van der Waals surface area (Å²) in [6, 6.07) is -0.489. The number of halogens is 3. The van der Waals surface area contributed by atoms with Crippen LogP contribution in [-0.2, 0) is 4.79 Å². The Hall–Kier alpha value is -0.650. The van der Waals surface area contributed by atoms with Gasteiger partial charge in [0.1, 0.15) is 0 Å². The summed E-state index contributed by atoms with van der Waals surface area (Å²) in [6.45, 7) is 0.518. The fraction of sp³-hybridized carbons (Fsp3) is 0.556. The largest absolute Gasteiger partial charge is 0.465 e. The molecule has 0 spiro atoms. The van der Waals surface area contributed by atoms with Crippen LogP contribution in [0.4, 0.5) is 4.79 Å². The topological polar surface area (TPSA) is 69.6 Å². The Labute approximate surface area is 113 Å². The van der Waals surface area contributed by atoms with Crippen molar-refractivity contribution in [2.45, 2.75) is 16.3 Å². The Morgan fingerprint density at radius 3 is 2.59 bits per heavy atom. The lowest BCUT2D eigenvalue weighted by Crippen LogP contribution is -2.47. The van der Waals surface area contributed by atoms with Gasteiger partial charge in [-0.3, -0.25) is 4.79 Å². The van der Waals surface area contributed by atoms with Gasteiger partial charge in [-0.1, -0.05) is 47.0 Å². The van der Waals surface area contributed by atoms with Gasteiger partial charge < -0.3 is 15.3 Å². The summed E-state index contributed by atoms with van der Waals surface area (Å²) in [7, 11) is 0. The number of carbonyl (C=O) groups excluding carboxylic acids is 1. The first-order valence-electron chi connectivity index (χ1n) is 4.83. The van der Waals surface area contributed by atoms with Crippen LogP contribution in [0.1, 0.15) is 6.42 Å². The normalized spacial score (nSPS) is 20.9. The SMILES string of the molecule is O=C(O)N1CCC=CC(NC(=O)C(Cl)(Cl)Cl)C1. The van der Waals surface area contributed by atoms with E-state index in [9.17, 15) is 9.59 Å². The molecular formula is C9H11Cl3N2O3. The maximum atomic E-state index is 11.4. The predicted molar refractivity (Wildman–Crippen MR) is 65.6 cm³/mol. The molecule has 0 saturated heterocycles. The molecule has 0 saturated carbocycles. The van der Waals surface area contributed by atoms with Crippen LogP contribution in [0.15, 0.2) is 12.2 Å². The zero-order valence-electron chi connectivity index (χ0n) is 8.70. The van der Waals surface area contributed by atoms with E-state index in [4.69, 9.17) is 39.9 Å². The number of alkyl halides is 3. The Bertz CT molecular complexity index is 341. The van der Waals surface area contributed by atoms with Gasteiger partial charge in [-0.2, -0.15) is 0 Å². The molecular weight excluding hydrogens is 290 g/mol. The van der Waals surface area contributed by atoms with E-state index < -0.39 is 21.8 Å². The Kier molecular flexibility index (Phi) is 4.91. The highest BCUT2D eigenvalue weighted by molar-refractivity contribution is 6.76. The standard InChI is InChI=1S/C9H11Cl3N2O3/c10-9(11,12)7(15)13-6-3-1-2-4-14(5-6)8(16)17/h1,3,6H,2,4-5H2,(H,13,15)(H,16,17). The molecule has 0 aliphatic carbocycles. The summed E-state index contributed by atoms with van der Waals surface area (Å²) in [4.78, 5) is 23.5. The van der Waals surface area contributed by atoms with Gasteiger partial charge >= 0.3 is 6.09 Å². The number of nitrogens with one attached hydrogen (secondary N) is 1. The lowest BCUT2D eigenvalue weighted by molar-refractivity contribution is -0.120. The van der Waals surface area contributed by atoms with Crippen molar-refractivity contribution in [3.8, 4) is 0 Å². The van der Waals surface area contributed by atoms with Gasteiger partial charge in [-0.15, -0.1) is 0 Å². The predicted octanol–water partition coefficient (Wildman–Crippen LogP) is 1.78. The van der Waals surface area contributed by atoms with Gasteiger partial charge in [0.15, 0.2) is 0 Å². The van der Waals surface area contributed by atoms with Crippen LogP contribution in [0, 0.1) is 0 Å². The molecule has 1 heterocycles. The molecule has 96 valence electrons. The fourth-order valence-corrected chi connectivity index (χ4v) is 1.56. The second kappa shape index (κ2) is 5.80. The van der Waals surface area contributed by atoms with Crippen molar-refractivity contribution in [1.82, 2.24) is 10.2 Å². The van der Waals surface area contributed by atoms with Crippen molar-refractivity contribution in [2.24, 2.45) is 0 Å². The second-order valence-corrected chi connectivity index (χ2v) is 5.80. The van der Waals surface area contributed by atoms with E-state index in [1.807, 2.05) is 0 Å². The average molecular weight is 302 g/mol. The average Bonchev–Trinajstić information content (AvgIpc) is 2.41. The van der Waals surface area contributed by atoms with Gasteiger partial charge in [0.25, 0.3) is 9.70 Å². The molecule has 5 nitrogen and oxygen atoms in total. The van der Waals surface area contributed by atoms with E-state index in [0.717, 1.165) is 0 Å². The molecule has 1 atom stereocenters. The quantitative estimate of drug-likeness (QED) is 0.573. The van der Waals surface area contributed by atoms with E-state index in [2.05, 4.69) is 5.32 Å². The first-order valence-corrected chi connectivity index (χ1v) is 5.96. The number of carboxylic acid groups (broad SMARTS) is 1. The van der Waals surface area contributed by atoms with E-state index in [1.54, 1.807) is 12.2 Å². The summed E-state index contributed by atoms with van der Waals surface area (Å²) < 4.78 is -2.05. The molecule has 1 unspecified atom stereocenters. The molecule has 2 N–H and O–H groups in total. The molecule has 0 aromatic carbocycles. The minimum absolute atomic E-state index is 0.137. The first-order chi connectivity index (χ1) is 7.80. The molecule has 0 fully saturated rings. The van der Waals surface area contributed by atoms with Gasteiger partial charge in [-0.25, -0.2) is 4.79 Å². The van der Waals surface area contributed by atoms with Crippen LogP contribution in [0.5, 0.6) is 0 Å². The number of amides is 2. The van der Waals surface area contributed by atoms with Gasteiger partial charge in [0, 0.05) is 13.1 Å². The van der Waals surface area contributed by atoms with Crippen molar-refractivity contribution >= 4 is 46.8 Å². The summed E-state index contributed by atoms with van der Waals surface area (Å²) >= 11 is 16.2. The molecule has 1 aliphatic heterocycles. The van der Waals surface area contributed by atoms with Gasteiger partial charge in [0.05, 0.1) is 6.04 Å². The molecule has 0 aromatic rings. The highest BCUT2D eigenvalue weighted by Crippen LogP contribution is 2.26. The second-order valence-electron chi connectivity index (χ2n) is 3.52. The van der Waals surface area contributed by atoms with Crippen molar-refractivity contribution in [3.63, 3.8) is 0 Å². The van der Waals surface area contributed by atoms with Crippen LogP contribution in [-0.4, -0.2) is 44.9 Å². The molecule has 1 rings (SSSR count). The van der Waals surface area contributed by atoms with Crippen molar-refractivity contribution in [3.05, 3.63) is 12.2 Å². The first kappa shape index (κ1) is 14.4.